The van der Waals surface area contributed by atoms with Crippen molar-refractivity contribution in [1.29, 1.82) is 5.26 Å². The second-order valence-electron chi connectivity index (χ2n) is 6.10. The van der Waals surface area contributed by atoms with Crippen molar-refractivity contribution in [2.45, 2.75) is 37.8 Å². The summed E-state index contributed by atoms with van der Waals surface area (Å²) in [5.41, 5.74) is 1.25. The maximum atomic E-state index is 9.56. The number of nitrogens with zero attached hydrogens (tertiary/aromatic N) is 3. The van der Waals surface area contributed by atoms with E-state index in [1.807, 2.05) is 0 Å². The first kappa shape index (κ1) is 13.6. The Balaban J connectivity index is 1.56. The van der Waals surface area contributed by atoms with Crippen molar-refractivity contribution in [2.75, 3.05) is 26.2 Å². The van der Waals surface area contributed by atoms with Gasteiger partial charge < -0.3 is 0 Å². The molecule has 0 amide bonds. The SMILES string of the molecule is N#CC1(N2CCN(Cc3ccccc3)CC2)CCCC1. The van der Waals surface area contributed by atoms with E-state index in [1.165, 1.54) is 18.4 Å². The fourth-order valence-electron chi connectivity index (χ4n) is 3.63. The molecule has 0 N–H and O–H groups in total. The molecule has 0 unspecified atom stereocenters. The van der Waals surface area contributed by atoms with Crippen LogP contribution in [0.15, 0.2) is 30.3 Å². The van der Waals surface area contributed by atoms with Crippen molar-refractivity contribution >= 4 is 0 Å². The molecule has 3 rings (SSSR count). The molecule has 1 aliphatic carbocycles. The highest BCUT2D eigenvalue weighted by Crippen LogP contribution is 2.35. The van der Waals surface area contributed by atoms with Crippen LogP contribution in [-0.2, 0) is 6.54 Å². The minimum absolute atomic E-state index is 0.140. The average Bonchev–Trinajstić information content (AvgIpc) is 2.99. The van der Waals surface area contributed by atoms with E-state index in [0.29, 0.717) is 0 Å². The quantitative estimate of drug-likeness (QED) is 0.845. The van der Waals surface area contributed by atoms with Crippen molar-refractivity contribution in [1.82, 2.24) is 9.80 Å². The Bertz CT molecular complexity index is 463. The van der Waals surface area contributed by atoms with Gasteiger partial charge in [0.15, 0.2) is 0 Å². The van der Waals surface area contributed by atoms with Crippen LogP contribution in [0.1, 0.15) is 31.2 Å². The van der Waals surface area contributed by atoms with Gasteiger partial charge in [0.1, 0.15) is 5.54 Å². The van der Waals surface area contributed by atoms with Crippen molar-refractivity contribution in [2.24, 2.45) is 0 Å². The van der Waals surface area contributed by atoms with Gasteiger partial charge >= 0.3 is 0 Å². The topological polar surface area (TPSA) is 30.3 Å². The number of benzene rings is 1. The molecule has 1 saturated heterocycles. The summed E-state index contributed by atoms with van der Waals surface area (Å²) in [6.45, 7) is 5.28. The fourth-order valence-corrected chi connectivity index (χ4v) is 3.63. The summed E-state index contributed by atoms with van der Waals surface area (Å²) in [5, 5.41) is 9.56. The minimum atomic E-state index is -0.140. The van der Waals surface area contributed by atoms with Crippen molar-refractivity contribution < 1.29 is 0 Å². The second-order valence-corrected chi connectivity index (χ2v) is 6.10. The lowest BCUT2D eigenvalue weighted by Crippen LogP contribution is -2.55. The molecule has 1 aromatic carbocycles. The van der Waals surface area contributed by atoms with E-state index in [1.54, 1.807) is 0 Å². The molecule has 0 spiro atoms. The van der Waals surface area contributed by atoms with Crippen LogP contribution >= 0.6 is 0 Å². The molecule has 1 aromatic rings. The number of hydrogen-bond donors (Lipinski definition) is 0. The third-order valence-electron chi connectivity index (χ3n) is 4.87. The predicted molar refractivity (Wildman–Crippen MR) is 80.1 cm³/mol. The zero-order valence-electron chi connectivity index (χ0n) is 12.1. The standard InChI is InChI=1S/C17H23N3/c18-15-17(8-4-5-9-17)20-12-10-19(11-13-20)14-16-6-2-1-3-7-16/h1-3,6-7H,4-5,8-14H2. The van der Waals surface area contributed by atoms with E-state index < -0.39 is 0 Å². The molecule has 1 aliphatic heterocycles. The summed E-state index contributed by atoms with van der Waals surface area (Å²) < 4.78 is 0. The number of piperazine rings is 1. The highest BCUT2D eigenvalue weighted by atomic mass is 15.3. The zero-order valence-corrected chi connectivity index (χ0v) is 12.1. The van der Waals surface area contributed by atoms with Gasteiger partial charge in [-0.15, -0.1) is 0 Å². The van der Waals surface area contributed by atoms with Gasteiger partial charge in [0.05, 0.1) is 6.07 Å². The smallest absolute Gasteiger partial charge is 0.109 e. The molecule has 0 atom stereocenters. The molecule has 2 fully saturated rings. The molecule has 3 nitrogen and oxygen atoms in total. The number of hydrogen-bond acceptors (Lipinski definition) is 3. The highest BCUT2D eigenvalue weighted by Gasteiger charge is 2.40. The van der Waals surface area contributed by atoms with Gasteiger partial charge in [0.2, 0.25) is 0 Å². The Labute approximate surface area is 121 Å². The molecular weight excluding hydrogens is 246 g/mol. The molecule has 106 valence electrons. The largest absolute Gasteiger partial charge is 0.297 e. The fraction of sp³-hybridized carbons (Fsp3) is 0.588. The molecule has 0 aromatic heterocycles. The van der Waals surface area contributed by atoms with Crippen LogP contribution in [0, 0.1) is 11.3 Å². The molecule has 1 saturated carbocycles. The van der Waals surface area contributed by atoms with Crippen LogP contribution in [-0.4, -0.2) is 41.5 Å². The average molecular weight is 269 g/mol. The van der Waals surface area contributed by atoms with Gasteiger partial charge in [-0.3, -0.25) is 9.80 Å². The van der Waals surface area contributed by atoms with E-state index in [9.17, 15) is 5.26 Å². The Morgan fingerprint density at radius 2 is 1.65 bits per heavy atom. The Morgan fingerprint density at radius 3 is 2.25 bits per heavy atom. The first-order valence-electron chi connectivity index (χ1n) is 7.75. The van der Waals surface area contributed by atoms with E-state index in [0.717, 1.165) is 45.6 Å². The summed E-state index contributed by atoms with van der Waals surface area (Å²) in [7, 11) is 0. The molecule has 1 heterocycles. The zero-order chi connectivity index (χ0) is 13.8. The molecule has 0 bridgehead atoms. The summed E-state index contributed by atoms with van der Waals surface area (Å²) in [5.74, 6) is 0. The van der Waals surface area contributed by atoms with E-state index in [-0.39, 0.29) is 5.54 Å². The number of nitriles is 1. The van der Waals surface area contributed by atoms with E-state index in [4.69, 9.17) is 0 Å². The van der Waals surface area contributed by atoms with Crippen molar-refractivity contribution in [3.63, 3.8) is 0 Å². The molecule has 0 radical (unpaired) electrons. The Morgan fingerprint density at radius 1 is 1.00 bits per heavy atom. The Kier molecular flexibility index (Phi) is 4.05. The summed E-state index contributed by atoms with van der Waals surface area (Å²) >= 11 is 0. The van der Waals surface area contributed by atoms with Gasteiger partial charge in [-0.1, -0.05) is 43.2 Å². The van der Waals surface area contributed by atoms with Gasteiger partial charge in [-0.05, 0) is 18.4 Å². The van der Waals surface area contributed by atoms with E-state index in [2.05, 4.69) is 46.2 Å². The lowest BCUT2D eigenvalue weighted by molar-refractivity contribution is 0.0622. The number of rotatable bonds is 3. The summed E-state index contributed by atoms with van der Waals surface area (Å²) in [6, 6.07) is 13.3. The maximum Gasteiger partial charge on any atom is 0.109 e. The molecule has 2 aliphatic rings. The van der Waals surface area contributed by atoms with Gasteiger partial charge in [0, 0.05) is 32.7 Å². The lowest BCUT2D eigenvalue weighted by atomic mass is 9.96. The van der Waals surface area contributed by atoms with E-state index >= 15 is 0 Å². The van der Waals surface area contributed by atoms with Crippen molar-refractivity contribution in [3.8, 4) is 6.07 Å². The Hall–Kier alpha value is -1.37. The van der Waals surface area contributed by atoms with Gasteiger partial charge in [0.25, 0.3) is 0 Å². The first-order valence-corrected chi connectivity index (χ1v) is 7.75. The molecule has 20 heavy (non-hydrogen) atoms. The first-order chi connectivity index (χ1) is 9.82. The van der Waals surface area contributed by atoms with Crippen LogP contribution in [0.2, 0.25) is 0 Å². The van der Waals surface area contributed by atoms with Crippen LogP contribution in [0.3, 0.4) is 0 Å². The third-order valence-corrected chi connectivity index (χ3v) is 4.87. The molecule has 3 heteroatoms. The summed E-state index contributed by atoms with van der Waals surface area (Å²) in [6.07, 6.45) is 4.58. The minimum Gasteiger partial charge on any atom is -0.297 e. The van der Waals surface area contributed by atoms with Gasteiger partial charge in [-0.2, -0.15) is 5.26 Å². The molecular formula is C17H23N3. The maximum absolute atomic E-state index is 9.56. The van der Waals surface area contributed by atoms with Crippen LogP contribution < -0.4 is 0 Å². The second kappa shape index (κ2) is 5.95. The van der Waals surface area contributed by atoms with Crippen LogP contribution in [0.4, 0.5) is 0 Å². The van der Waals surface area contributed by atoms with Crippen LogP contribution in [0.5, 0.6) is 0 Å². The normalized spacial score (nSPS) is 23.6. The lowest BCUT2D eigenvalue weighted by Gasteiger charge is -2.42. The summed E-state index contributed by atoms with van der Waals surface area (Å²) in [4.78, 5) is 4.95. The van der Waals surface area contributed by atoms with Crippen molar-refractivity contribution in [3.05, 3.63) is 35.9 Å². The van der Waals surface area contributed by atoms with Gasteiger partial charge in [-0.25, -0.2) is 0 Å². The van der Waals surface area contributed by atoms with Crippen LogP contribution in [0.25, 0.3) is 0 Å². The predicted octanol–water partition coefficient (Wildman–Crippen LogP) is 2.64. The monoisotopic (exact) mass is 269 g/mol. The third kappa shape index (κ3) is 2.72. The highest BCUT2D eigenvalue weighted by molar-refractivity contribution is 5.15.